The predicted molar refractivity (Wildman–Crippen MR) is 70.0 cm³/mol. The minimum Gasteiger partial charge on any atom is -0.328 e. The zero-order valence-electron chi connectivity index (χ0n) is 9.88. The molecule has 88 valence electrons. The van der Waals surface area contributed by atoms with Crippen molar-refractivity contribution in [3.63, 3.8) is 0 Å². The molecule has 0 amide bonds. The molecule has 1 aromatic carbocycles. The first-order chi connectivity index (χ1) is 7.70. The Morgan fingerprint density at radius 1 is 1.25 bits per heavy atom. The summed E-state index contributed by atoms with van der Waals surface area (Å²) < 4.78 is 0. The van der Waals surface area contributed by atoms with E-state index in [1.165, 1.54) is 24.0 Å². The Labute approximate surface area is 103 Å². The van der Waals surface area contributed by atoms with Gasteiger partial charge in [-0.3, -0.25) is 0 Å². The van der Waals surface area contributed by atoms with Crippen molar-refractivity contribution in [1.82, 2.24) is 0 Å². The quantitative estimate of drug-likeness (QED) is 0.830. The van der Waals surface area contributed by atoms with Gasteiger partial charge in [-0.1, -0.05) is 30.7 Å². The number of nitrogens with two attached hydrogens (primary N) is 1. The van der Waals surface area contributed by atoms with Gasteiger partial charge in [0.2, 0.25) is 0 Å². The van der Waals surface area contributed by atoms with Crippen LogP contribution >= 0.6 is 11.6 Å². The van der Waals surface area contributed by atoms with Crippen LogP contribution in [0, 0.1) is 0 Å². The molecule has 16 heavy (non-hydrogen) atoms. The number of halogens is 1. The maximum atomic E-state index is 6.35. The minimum atomic E-state index is 0.407. The van der Waals surface area contributed by atoms with E-state index < -0.39 is 0 Å². The van der Waals surface area contributed by atoms with Crippen molar-refractivity contribution in [3.05, 3.63) is 34.3 Å². The fraction of sp³-hybridized carbons (Fsp3) is 0.571. The predicted octanol–water partition coefficient (Wildman–Crippen LogP) is 3.89. The molecular formula is C14H20ClN. The largest absolute Gasteiger partial charge is 0.328 e. The van der Waals surface area contributed by atoms with Crippen LogP contribution in [0.15, 0.2) is 18.2 Å². The molecule has 0 aromatic heterocycles. The third-order valence-electron chi connectivity index (χ3n) is 3.68. The Kier molecular flexibility index (Phi) is 3.88. The summed E-state index contributed by atoms with van der Waals surface area (Å²) in [5.41, 5.74) is 8.57. The van der Waals surface area contributed by atoms with Crippen molar-refractivity contribution in [2.24, 2.45) is 5.73 Å². The van der Waals surface area contributed by atoms with Gasteiger partial charge < -0.3 is 5.73 Å². The van der Waals surface area contributed by atoms with E-state index in [1.54, 1.807) is 0 Å². The van der Waals surface area contributed by atoms with Crippen LogP contribution in [0.3, 0.4) is 0 Å². The smallest absolute Gasteiger partial charge is 0.0443 e. The molecule has 1 nitrogen and oxygen atoms in total. The van der Waals surface area contributed by atoms with Crippen molar-refractivity contribution in [1.29, 1.82) is 0 Å². The van der Waals surface area contributed by atoms with E-state index >= 15 is 0 Å². The van der Waals surface area contributed by atoms with E-state index in [-0.39, 0.29) is 0 Å². The fourth-order valence-corrected chi connectivity index (χ4v) is 2.91. The summed E-state index contributed by atoms with van der Waals surface area (Å²) in [5, 5.41) is 0.944. The van der Waals surface area contributed by atoms with Gasteiger partial charge >= 0.3 is 0 Å². The van der Waals surface area contributed by atoms with Gasteiger partial charge in [-0.05, 0) is 55.2 Å². The van der Waals surface area contributed by atoms with Gasteiger partial charge in [0.25, 0.3) is 0 Å². The van der Waals surface area contributed by atoms with E-state index in [0.717, 1.165) is 24.3 Å². The van der Waals surface area contributed by atoms with Crippen molar-refractivity contribution in [2.45, 2.75) is 51.0 Å². The van der Waals surface area contributed by atoms with Crippen molar-refractivity contribution >= 4 is 11.6 Å². The Morgan fingerprint density at radius 2 is 1.94 bits per heavy atom. The van der Waals surface area contributed by atoms with Crippen LogP contribution in [-0.2, 0) is 6.42 Å². The summed E-state index contributed by atoms with van der Waals surface area (Å²) in [5.74, 6) is 0.623. The molecule has 0 spiro atoms. The van der Waals surface area contributed by atoms with Gasteiger partial charge in [-0.2, -0.15) is 0 Å². The van der Waals surface area contributed by atoms with Crippen LogP contribution in [-0.4, -0.2) is 6.04 Å². The third kappa shape index (κ3) is 2.58. The van der Waals surface area contributed by atoms with Gasteiger partial charge in [0.05, 0.1) is 0 Å². The summed E-state index contributed by atoms with van der Waals surface area (Å²) in [4.78, 5) is 0. The number of hydrogen-bond donors (Lipinski definition) is 1. The average molecular weight is 238 g/mol. The van der Waals surface area contributed by atoms with Gasteiger partial charge in [0.1, 0.15) is 0 Å². The Hall–Kier alpha value is -0.530. The Morgan fingerprint density at radius 3 is 2.50 bits per heavy atom. The lowest BCUT2D eigenvalue weighted by atomic mass is 9.82. The topological polar surface area (TPSA) is 26.0 Å². The average Bonchev–Trinajstić information content (AvgIpc) is 2.30. The lowest BCUT2D eigenvalue weighted by molar-refractivity contribution is 0.395. The molecule has 0 bridgehead atoms. The first-order valence-electron chi connectivity index (χ1n) is 6.24. The van der Waals surface area contributed by atoms with Crippen LogP contribution in [0.5, 0.6) is 0 Å². The Balaban J connectivity index is 2.14. The summed E-state index contributed by atoms with van der Waals surface area (Å²) in [6.45, 7) is 2.16. The number of hydrogen-bond acceptors (Lipinski definition) is 1. The molecule has 0 saturated heterocycles. The standard InChI is InChI=1S/C14H20ClN/c1-2-10-3-8-13(14(15)9-10)11-4-6-12(16)7-5-11/h3,8-9,11-12H,2,4-7,16H2,1H3. The van der Waals surface area contributed by atoms with Crippen LogP contribution in [0.4, 0.5) is 0 Å². The van der Waals surface area contributed by atoms with Crippen molar-refractivity contribution < 1.29 is 0 Å². The third-order valence-corrected chi connectivity index (χ3v) is 4.01. The van der Waals surface area contributed by atoms with E-state index in [4.69, 9.17) is 17.3 Å². The highest BCUT2D eigenvalue weighted by atomic mass is 35.5. The van der Waals surface area contributed by atoms with E-state index in [1.807, 2.05) is 0 Å². The minimum absolute atomic E-state index is 0.407. The summed E-state index contributed by atoms with van der Waals surface area (Å²) >= 11 is 6.35. The molecule has 0 radical (unpaired) electrons. The van der Waals surface area contributed by atoms with Crippen molar-refractivity contribution in [2.75, 3.05) is 0 Å². The summed E-state index contributed by atoms with van der Waals surface area (Å²) in [7, 11) is 0. The number of aryl methyl sites for hydroxylation is 1. The van der Waals surface area contributed by atoms with E-state index in [9.17, 15) is 0 Å². The molecule has 0 atom stereocenters. The zero-order valence-corrected chi connectivity index (χ0v) is 10.6. The highest BCUT2D eigenvalue weighted by Gasteiger charge is 2.21. The highest BCUT2D eigenvalue weighted by Crippen LogP contribution is 2.36. The lowest BCUT2D eigenvalue weighted by Gasteiger charge is -2.27. The second-order valence-corrected chi connectivity index (χ2v) is 5.23. The number of benzene rings is 1. The monoisotopic (exact) mass is 237 g/mol. The summed E-state index contributed by atoms with van der Waals surface area (Å²) in [6.07, 6.45) is 5.70. The van der Waals surface area contributed by atoms with E-state index in [0.29, 0.717) is 12.0 Å². The molecule has 0 unspecified atom stereocenters. The van der Waals surface area contributed by atoms with Gasteiger partial charge in [-0.15, -0.1) is 0 Å². The fourth-order valence-electron chi connectivity index (χ4n) is 2.55. The number of rotatable bonds is 2. The Bertz CT molecular complexity index is 354. The highest BCUT2D eigenvalue weighted by molar-refractivity contribution is 6.31. The molecule has 1 saturated carbocycles. The van der Waals surface area contributed by atoms with E-state index in [2.05, 4.69) is 25.1 Å². The molecule has 0 heterocycles. The summed E-state index contributed by atoms with van der Waals surface area (Å²) in [6, 6.07) is 6.94. The maximum absolute atomic E-state index is 6.35. The molecule has 2 heteroatoms. The second kappa shape index (κ2) is 5.20. The maximum Gasteiger partial charge on any atom is 0.0443 e. The zero-order chi connectivity index (χ0) is 11.5. The first-order valence-corrected chi connectivity index (χ1v) is 6.62. The van der Waals surface area contributed by atoms with Crippen LogP contribution in [0.1, 0.15) is 49.7 Å². The molecule has 1 aromatic rings. The molecule has 2 rings (SSSR count). The van der Waals surface area contributed by atoms with Gasteiger partial charge in [-0.25, -0.2) is 0 Å². The first kappa shape index (κ1) is 11.9. The van der Waals surface area contributed by atoms with Crippen molar-refractivity contribution in [3.8, 4) is 0 Å². The molecule has 1 fully saturated rings. The molecular weight excluding hydrogens is 218 g/mol. The van der Waals surface area contributed by atoms with Crippen LogP contribution in [0.2, 0.25) is 5.02 Å². The normalized spacial score (nSPS) is 25.7. The molecule has 2 N–H and O–H groups in total. The van der Waals surface area contributed by atoms with Crippen LogP contribution in [0.25, 0.3) is 0 Å². The van der Waals surface area contributed by atoms with Gasteiger partial charge in [0.15, 0.2) is 0 Å². The molecule has 1 aliphatic rings. The van der Waals surface area contributed by atoms with Crippen LogP contribution < -0.4 is 5.73 Å². The lowest BCUT2D eigenvalue weighted by Crippen LogP contribution is -2.25. The molecule has 1 aliphatic carbocycles. The second-order valence-electron chi connectivity index (χ2n) is 4.82. The van der Waals surface area contributed by atoms with Gasteiger partial charge in [0, 0.05) is 11.1 Å². The SMILES string of the molecule is CCc1ccc(C2CCC(N)CC2)c(Cl)c1. The molecule has 0 aliphatic heterocycles.